The molecule has 2 heterocycles. The SMILES string of the molecule is CC(C)(C)OC(=O)N1CC(C2CCOC2)C([B-](F)(F)F)C1.[K+]. The topological polar surface area (TPSA) is 38.8 Å². The zero-order valence-corrected chi connectivity index (χ0v) is 16.8. The van der Waals surface area contributed by atoms with Gasteiger partial charge in [0.25, 0.3) is 0 Å². The second-order valence-corrected chi connectivity index (χ2v) is 6.96. The number of carbonyl (C=O) groups is 1. The molecule has 122 valence electrons. The molecule has 0 spiro atoms. The average Bonchev–Trinajstić information content (AvgIpc) is 2.94. The number of likely N-dealkylation sites (tertiary alicyclic amines) is 1. The third kappa shape index (κ3) is 5.38. The van der Waals surface area contributed by atoms with E-state index < -0.39 is 30.4 Å². The normalized spacial score (nSPS) is 29.4. The Kier molecular flexibility index (Phi) is 7.30. The van der Waals surface area contributed by atoms with E-state index in [4.69, 9.17) is 9.47 Å². The first kappa shape index (κ1) is 20.8. The molecular weight excluding hydrogens is 325 g/mol. The number of hydrogen-bond donors (Lipinski definition) is 0. The number of amides is 1. The van der Waals surface area contributed by atoms with Crippen molar-refractivity contribution in [2.45, 2.75) is 38.6 Å². The molecule has 2 aliphatic rings. The van der Waals surface area contributed by atoms with Gasteiger partial charge in [-0.3, -0.25) is 0 Å². The van der Waals surface area contributed by atoms with Gasteiger partial charge in [-0.25, -0.2) is 4.79 Å². The maximum Gasteiger partial charge on any atom is 1.00 e. The molecule has 2 fully saturated rings. The molecule has 0 N–H and O–H groups in total. The van der Waals surface area contributed by atoms with Crippen molar-refractivity contribution >= 4 is 13.1 Å². The minimum atomic E-state index is -4.98. The molecule has 3 atom stereocenters. The molecule has 0 aromatic heterocycles. The Morgan fingerprint density at radius 3 is 2.36 bits per heavy atom. The molecule has 2 saturated heterocycles. The fourth-order valence-corrected chi connectivity index (χ4v) is 3.12. The van der Waals surface area contributed by atoms with E-state index in [0.29, 0.717) is 19.6 Å². The number of halogens is 3. The molecule has 4 nitrogen and oxygen atoms in total. The number of ether oxygens (including phenoxy) is 2. The van der Waals surface area contributed by atoms with Crippen molar-refractivity contribution in [3.8, 4) is 0 Å². The van der Waals surface area contributed by atoms with Crippen LogP contribution in [0.1, 0.15) is 27.2 Å². The summed E-state index contributed by atoms with van der Waals surface area (Å²) in [4.78, 5) is 13.2. The first-order chi connectivity index (χ1) is 9.58. The summed E-state index contributed by atoms with van der Waals surface area (Å²) in [6.45, 7) is 0.806. The van der Waals surface area contributed by atoms with Gasteiger partial charge in [-0.05, 0) is 39.0 Å². The van der Waals surface area contributed by atoms with Crippen LogP contribution in [0.15, 0.2) is 0 Å². The van der Waals surface area contributed by atoms with E-state index in [-0.39, 0.29) is 70.4 Å². The quantitative estimate of drug-likeness (QED) is 0.666. The first-order valence-corrected chi connectivity index (χ1v) is 7.33. The molecule has 0 aliphatic carbocycles. The van der Waals surface area contributed by atoms with Crippen molar-refractivity contribution < 1.29 is 78.6 Å². The molecule has 0 radical (unpaired) electrons. The second-order valence-electron chi connectivity index (χ2n) is 6.96. The van der Waals surface area contributed by atoms with Gasteiger partial charge >= 0.3 is 64.5 Å². The van der Waals surface area contributed by atoms with Crippen LogP contribution in [0.25, 0.3) is 0 Å². The maximum absolute atomic E-state index is 13.3. The molecule has 0 aromatic carbocycles. The Morgan fingerprint density at radius 1 is 1.27 bits per heavy atom. The maximum atomic E-state index is 13.3. The predicted molar refractivity (Wildman–Crippen MR) is 73.1 cm³/mol. The van der Waals surface area contributed by atoms with Gasteiger partial charge in [-0.1, -0.05) is 5.82 Å². The second kappa shape index (κ2) is 7.74. The van der Waals surface area contributed by atoms with E-state index >= 15 is 0 Å². The number of carbonyl (C=O) groups excluding carboxylic acids is 1. The van der Waals surface area contributed by atoms with Gasteiger partial charge in [0.2, 0.25) is 0 Å². The smallest absolute Gasteiger partial charge is 0.449 e. The summed E-state index contributed by atoms with van der Waals surface area (Å²) in [7, 11) is 0. The zero-order valence-electron chi connectivity index (χ0n) is 13.7. The molecule has 9 heteroatoms. The monoisotopic (exact) mass is 347 g/mol. The summed E-state index contributed by atoms with van der Waals surface area (Å²) in [6, 6.07) is 0. The zero-order chi connectivity index (χ0) is 15.8. The standard InChI is InChI=1S/C13H22BF3NO3.K/c1-13(2,3)21-12(19)18-6-10(9-4-5-20-8-9)11(7-18)14(15,16)17;/h9-11H,4-8H2,1-3H3;/q-1;+1. The van der Waals surface area contributed by atoms with Gasteiger partial charge in [-0.15, -0.1) is 0 Å². The van der Waals surface area contributed by atoms with Crippen molar-refractivity contribution in [2.24, 2.45) is 11.8 Å². The van der Waals surface area contributed by atoms with Crippen LogP contribution in [0, 0.1) is 11.8 Å². The molecule has 2 rings (SSSR count). The Balaban J connectivity index is 0.00000242. The van der Waals surface area contributed by atoms with Crippen LogP contribution in [0.5, 0.6) is 0 Å². The van der Waals surface area contributed by atoms with Gasteiger partial charge in [-0.2, -0.15) is 0 Å². The summed E-state index contributed by atoms with van der Waals surface area (Å²) in [5.74, 6) is -2.12. The van der Waals surface area contributed by atoms with Crippen LogP contribution < -0.4 is 51.4 Å². The third-order valence-electron chi connectivity index (χ3n) is 4.12. The number of rotatable bonds is 2. The van der Waals surface area contributed by atoms with Crippen LogP contribution in [0.3, 0.4) is 0 Å². The number of hydrogen-bond acceptors (Lipinski definition) is 3. The molecule has 0 saturated carbocycles. The summed E-state index contributed by atoms with van der Waals surface area (Å²) in [5.41, 5.74) is -0.704. The predicted octanol–water partition coefficient (Wildman–Crippen LogP) is 0.111. The van der Waals surface area contributed by atoms with E-state index in [0.717, 1.165) is 0 Å². The molecule has 0 bridgehead atoms. The van der Waals surface area contributed by atoms with Gasteiger partial charge in [0.05, 0.1) is 0 Å². The summed E-state index contributed by atoms with van der Waals surface area (Å²) < 4.78 is 50.2. The average molecular weight is 347 g/mol. The van der Waals surface area contributed by atoms with Crippen LogP contribution in [-0.4, -0.2) is 49.9 Å². The van der Waals surface area contributed by atoms with Crippen LogP contribution >= 0.6 is 0 Å². The van der Waals surface area contributed by atoms with E-state index in [1.807, 2.05) is 0 Å². The minimum absolute atomic E-state index is 0. The fourth-order valence-electron chi connectivity index (χ4n) is 3.12. The summed E-state index contributed by atoms with van der Waals surface area (Å²) >= 11 is 0. The van der Waals surface area contributed by atoms with Crippen LogP contribution in [0.4, 0.5) is 17.7 Å². The minimum Gasteiger partial charge on any atom is -0.449 e. The Hall–Kier alpha value is 0.721. The van der Waals surface area contributed by atoms with E-state index in [9.17, 15) is 17.7 Å². The van der Waals surface area contributed by atoms with Gasteiger partial charge in [0.1, 0.15) is 5.60 Å². The van der Waals surface area contributed by atoms with Crippen molar-refractivity contribution in [3.63, 3.8) is 0 Å². The first-order valence-electron chi connectivity index (χ1n) is 7.33. The fraction of sp³-hybridized carbons (Fsp3) is 0.923. The van der Waals surface area contributed by atoms with Gasteiger partial charge < -0.3 is 27.3 Å². The largest absolute Gasteiger partial charge is 1.00 e. The van der Waals surface area contributed by atoms with Crippen molar-refractivity contribution in [1.82, 2.24) is 4.90 Å². The molecule has 1 amide bonds. The summed E-state index contributed by atoms with van der Waals surface area (Å²) in [6.07, 6.45) is -0.0240. The van der Waals surface area contributed by atoms with Crippen molar-refractivity contribution in [3.05, 3.63) is 0 Å². The molecule has 22 heavy (non-hydrogen) atoms. The van der Waals surface area contributed by atoms with Crippen molar-refractivity contribution in [1.29, 1.82) is 0 Å². The van der Waals surface area contributed by atoms with Crippen molar-refractivity contribution in [2.75, 3.05) is 26.3 Å². The molecule has 0 aromatic rings. The summed E-state index contributed by atoms with van der Waals surface area (Å²) in [5, 5.41) is 0. The Labute approximate surface area is 171 Å². The van der Waals surface area contributed by atoms with E-state index in [1.165, 1.54) is 4.90 Å². The van der Waals surface area contributed by atoms with Crippen LogP contribution in [0.2, 0.25) is 5.82 Å². The van der Waals surface area contributed by atoms with E-state index in [1.54, 1.807) is 20.8 Å². The Bertz CT molecular complexity index is 397. The molecular formula is C13H22BF3KNO3. The molecule has 2 aliphatic heterocycles. The van der Waals surface area contributed by atoms with Crippen LogP contribution in [-0.2, 0) is 9.47 Å². The number of nitrogens with zero attached hydrogens (tertiary/aromatic N) is 1. The van der Waals surface area contributed by atoms with E-state index in [2.05, 4.69) is 0 Å². The third-order valence-corrected chi connectivity index (χ3v) is 4.12. The molecule has 3 unspecified atom stereocenters. The Morgan fingerprint density at radius 2 is 1.91 bits per heavy atom. The van der Waals surface area contributed by atoms with Gasteiger partial charge in [0.15, 0.2) is 0 Å². The van der Waals surface area contributed by atoms with Gasteiger partial charge in [0, 0.05) is 26.3 Å².